The number of para-hydroxylation sites is 2. The molecule has 0 amide bonds. The number of aromatic nitrogens is 2. The van der Waals surface area contributed by atoms with Gasteiger partial charge in [0.2, 0.25) is 0 Å². The largest absolute Gasteiger partial charge is 0.492 e. The zero-order valence-corrected chi connectivity index (χ0v) is 15.3. The third-order valence-electron chi connectivity index (χ3n) is 4.42. The molecule has 0 aliphatic carbocycles. The van der Waals surface area contributed by atoms with Crippen LogP contribution in [0.2, 0.25) is 0 Å². The van der Waals surface area contributed by atoms with Crippen LogP contribution >= 0.6 is 0 Å². The van der Waals surface area contributed by atoms with E-state index in [1.165, 1.54) is 0 Å². The average Bonchev–Trinajstić information content (AvgIpc) is 2.63. The Labute approximate surface area is 149 Å². The number of nitrogens with zero attached hydrogens (tertiary/aromatic N) is 4. The Hall–Kier alpha value is -2.34. The van der Waals surface area contributed by atoms with Crippen molar-refractivity contribution in [3.05, 3.63) is 36.2 Å². The summed E-state index contributed by atoms with van der Waals surface area (Å²) in [5.74, 6) is 3.39. The van der Waals surface area contributed by atoms with Crippen molar-refractivity contribution in [1.82, 2.24) is 14.9 Å². The Morgan fingerprint density at radius 1 is 1.08 bits per heavy atom. The summed E-state index contributed by atoms with van der Waals surface area (Å²) in [6.45, 7) is 12.0. The smallest absolute Gasteiger partial charge is 0.142 e. The molecule has 0 radical (unpaired) electrons. The molecule has 3 rings (SSSR count). The van der Waals surface area contributed by atoms with Crippen LogP contribution in [0.25, 0.3) is 0 Å². The first-order valence-corrected chi connectivity index (χ1v) is 9.01. The van der Waals surface area contributed by atoms with Gasteiger partial charge in [0, 0.05) is 32.2 Å². The monoisotopic (exact) mass is 341 g/mol. The van der Waals surface area contributed by atoms with Crippen molar-refractivity contribution < 1.29 is 4.74 Å². The molecule has 1 aliphatic heterocycles. The Morgan fingerprint density at radius 3 is 2.56 bits per heavy atom. The van der Waals surface area contributed by atoms with E-state index < -0.39 is 0 Å². The third kappa shape index (κ3) is 4.39. The minimum atomic E-state index is 0.633. The number of anilines is 3. The molecule has 1 saturated heterocycles. The van der Waals surface area contributed by atoms with E-state index >= 15 is 0 Å². The molecule has 2 aromatic rings. The van der Waals surface area contributed by atoms with Crippen LogP contribution in [0.3, 0.4) is 0 Å². The zero-order valence-electron chi connectivity index (χ0n) is 15.3. The van der Waals surface area contributed by atoms with Crippen molar-refractivity contribution >= 4 is 17.3 Å². The standard InChI is InChI=1S/C19H27N5O/c1-4-23-10-12-24(13-11-23)19-14-18(20-15(3)21-19)22-16-8-6-7-9-17(16)25-5-2/h6-9,14H,4-5,10-13H2,1-3H3,(H,20,21,22). The Morgan fingerprint density at radius 2 is 1.84 bits per heavy atom. The van der Waals surface area contributed by atoms with Gasteiger partial charge in [0.05, 0.1) is 12.3 Å². The Kier molecular flexibility index (Phi) is 5.71. The van der Waals surface area contributed by atoms with E-state index in [-0.39, 0.29) is 0 Å². The van der Waals surface area contributed by atoms with Gasteiger partial charge in [-0.3, -0.25) is 0 Å². The first kappa shape index (κ1) is 17.5. The van der Waals surface area contributed by atoms with Crippen LogP contribution in [0.1, 0.15) is 19.7 Å². The molecule has 1 aliphatic rings. The number of aryl methyl sites for hydroxylation is 1. The fraction of sp³-hybridized carbons (Fsp3) is 0.474. The van der Waals surface area contributed by atoms with Crippen molar-refractivity contribution in [1.29, 1.82) is 0 Å². The molecule has 0 unspecified atom stereocenters. The molecule has 134 valence electrons. The molecule has 0 atom stereocenters. The third-order valence-corrected chi connectivity index (χ3v) is 4.42. The van der Waals surface area contributed by atoms with Gasteiger partial charge in [0.25, 0.3) is 0 Å². The van der Waals surface area contributed by atoms with Crippen LogP contribution in [0.5, 0.6) is 5.75 Å². The summed E-state index contributed by atoms with van der Waals surface area (Å²) in [7, 11) is 0. The normalized spacial score (nSPS) is 15.2. The van der Waals surface area contributed by atoms with Gasteiger partial charge in [0.1, 0.15) is 23.2 Å². The van der Waals surface area contributed by atoms with Gasteiger partial charge in [0.15, 0.2) is 0 Å². The van der Waals surface area contributed by atoms with E-state index in [1.807, 2.05) is 44.2 Å². The minimum absolute atomic E-state index is 0.633. The molecule has 6 heteroatoms. The van der Waals surface area contributed by atoms with E-state index in [4.69, 9.17) is 4.74 Å². The molecule has 1 aromatic heterocycles. The molecule has 2 heterocycles. The molecule has 1 N–H and O–H groups in total. The highest BCUT2D eigenvalue weighted by molar-refractivity contribution is 5.65. The lowest BCUT2D eigenvalue weighted by atomic mass is 10.3. The van der Waals surface area contributed by atoms with E-state index in [2.05, 4.69) is 32.0 Å². The first-order valence-electron chi connectivity index (χ1n) is 9.01. The van der Waals surface area contributed by atoms with Gasteiger partial charge < -0.3 is 19.9 Å². The van der Waals surface area contributed by atoms with Crippen LogP contribution in [-0.4, -0.2) is 54.2 Å². The number of ether oxygens (including phenoxy) is 1. The van der Waals surface area contributed by atoms with Crippen LogP contribution in [0.4, 0.5) is 17.3 Å². The van der Waals surface area contributed by atoms with Crippen molar-refractivity contribution in [3.63, 3.8) is 0 Å². The van der Waals surface area contributed by atoms with Gasteiger partial charge >= 0.3 is 0 Å². The lowest BCUT2D eigenvalue weighted by molar-refractivity contribution is 0.270. The second kappa shape index (κ2) is 8.16. The zero-order chi connectivity index (χ0) is 17.6. The minimum Gasteiger partial charge on any atom is -0.492 e. The lowest BCUT2D eigenvalue weighted by Gasteiger charge is -2.34. The first-order chi connectivity index (χ1) is 12.2. The predicted molar refractivity (Wildman–Crippen MR) is 102 cm³/mol. The molecule has 6 nitrogen and oxygen atoms in total. The molecule has 1 fully saturated rings. The number of benzene rings is 1. The number of likely N-dealkylation sites (N-methyl/N-ethyl adjacent to an activating group) is 1. The summed E-state index contributed by atoms with van der Waals surface area (Å²) in [5.41, 5.74) is 0.921. The highest BCUT2D eigenvalue weighted by atomic mass is 16.5. The van der Waals surface area contributed by atoms with Gasteiger partial charge in [-0.05, 0) is 32.5 Å². The topological polar surface area (TPSA) is 53.5 Å². The quantitative estimate of drug-likeness (QED) is 0.871. The summed E-state index contributed by atoms with van der Waals surface area (Å²) in [5, 5.41) is 3.38. The van der Waals surface area contributed by atoms with E-state index in [9.17, 15) is 0 Å². The van der Waals surface area contributed by atoms with Crippen LogP contribution in [0, 0.1) is 6.92 Å². The number of rotatable bonds is 6. The maximum atomic E-state index is 5.69. The summed E-state index contributed by atoms with van der Waals surface area (Å²) in [4.78, 5) is 14.0. The lowest BCUT2D eigenvalue weighted by Crippen LogP contribution is -2.46. The van der Waals surface area contributed by atoms with Crippen LogP contribution in [0.15, 0.2) is 30.3 Å². The Bertz CT molecular complexity index is 698. The molecular weight excluding hydrogens is 314 g/mol. The number of nitrogens with one attached hydrogen (secondary N) is 1. The average molecular weight is 341 g/mol. The maximum Gasteiger partial charge on any atom is 0.142 e. The number of piperazine rings is 1. The van der Waals surface area contributed by atoms with E-state index in [0.717, 1.165) is 61.6 Å². The second-order valence-corrected chi connectivity index (χ2v) is 6.13. The molecule has 0 bridgehead atoms. The second-order valence-electron chi connectivity index (χ2n) is 6.13. The fourth-order valence-electron chi connectivity index (χ4n) is 3.06. The van der Waals surface area contributed by atoms with E-state index in [0.29, 0.717) is 6.61 Å². The molecular formula is C19H27N5O. The summed E-state index contributed by atoms with van der Waals surface area (Å²) < 4.78 is 5.69. The Balaban J connectivity index is 1.78. The van der Waals surface area contributed by atoms with Gasteiger partial charge in [-0.15, -0.1) is 0 Å². The number of hydrogen-bond donors (Lipinski definition) is 1. The molecule has 0 saturated carbocycles. The molecule has 25 heavy (non-hydrogen) atoms. The maximum absolute atomic E-state index is 5.69. The van der Waals surface area contributed by atoms with Crippen LogP contribution < -0.4 is 15.0 Å². The summed E-state index contributed by atoms with van der Waals surface area (Å²) in [6.07, 6.45) is 0. The van der Waals surface area contributed by atoms with Crippen molar-refractivity contribution in [2.45, 2.75) is 20.8 Å². The van der Waals surface area contributed by atoms with Crippen molar-refractivity contribution in [3.8, 4) is 5.75 Å². The SMILES string of the molecule is CCOc1ccccc1Nc1cc(N2CCN(CC)CC2)nc(C)n1. The summed E-state index contributed by atoms with van der Waals surface area (Å²) in [6, 6.07) is 9.95. The number of hydrogen-bond acceptors (Lipinski definition) is 6. The van der Waals surface area contributed by atoms with Crippen LogP contribution in [-0.2, 0) is 0 Å². The highest BCUT2D eigenvalue weighted by Crippen LogP contribution is 2.28. The van der Waals surface area contributed by atoms with Gasteiger partial charge in [-0.25, -0.2) is 9.97 Å². The summed E-state index contributed by atoms with van der Waals surface area (Å²) >= 11 is 0. The molecule has 0 spiro atoms. The molecule has 1 aromatic carbocycles. The highest BCUT2D eigenvalue weighted by Gasteiger charge is 2.18. The van der Waals surface area contributed by atoms with Gasteiger partial charge in [-0.1, -0.05) is 19.1 Å². The van der Waals surface area contributed by atoms with Crippen molar-refractivity contribution in [2.24, 2.45) is 0 Å². The predicted octanol–water partition coefficient (Wildman–Crippen LogP) is 3.07. The van der Waals surface area contributed by atoms with Crippen molar-refractivity contribution in [2.75, 3.05) is 49.5 Å². The fourth-order valence-corrected chi connectivity index (χ4v) is 3.06. The van der Waals surface area contributed by atoms with E-state index in [1.54, 1.807) is 0 Å². The van der Waals surface area contributed by atoms with Gasteiger partial charge in [-0.2, -0.15) is 0 Å².